The number of hydrogen-bond acceptors (Lipinski definition) is 4. The molecule has 0 radical (unpaired) electrons. The highest BCUT2D eigenvalue weighted by atomic mass is 16.2. The highest BCUT2D eigenvalue weighted by Gasteiger charge is 2.34. The summed E-state index contributed by atoms with van der Waals surface area (Å²) in [5.41, 5.74) is 0.555. The Balaban J connectivity index is 1.81. The van der Waals surface area contributed by atoms with Crippen LogP contribution >= 0.6 is 0 Å². The highest BCUT2D eigenvalue weighted by molar-refractivity contribution is 5.85. The molecule has 1 aliphatic heterocycles. The maximum absolute atomic E-state index is 12.4. The minimum Gasteiger partial charge on any atom is -0.354 e. The molecule has 2 N–H and O–H groups in total. The van der Waals surface area contributed by atoms with Gasteiger partial charge in [0.15, 0.2) is 0 Å². The van der Waals surface area contributed by atoms with Crippen LogP contribution in [0, 0.1) is 0 Å². The van der Waals surface area contributed by atoms with Crippen LogP contribution in [-0.4, -0.2) is 54.1 Å². The van der Waals surface area contributed by atoms with Gasteiger partial charge in [-0.3, -0.25) is 14.7 Å². The number of aromatic nitrogens is 1. The first-order valence-corrected chi connectivity index (χ1v) is 7.24. The van der Waals surface area contributed by atoms with E-state index in [9.17, 15) is 4.79 Å². The zero-order chi connectivity index (χ0) is 14.4. The van der Waals surface area contributed by atoms with E-state index >= 15 is 0 Å². The number of amides is 1. The predicted molar refractivity (Wildman–Crippen MR) is 79.5 cm³/mol. The maximum Gasteiger partial charge on any atom is 0.239 e. The van der Waals surface area contributed by atoms with Gasteiger partial charge in [0.05, 0.1) is 5.54 Å². The molecule has 1 aliphatic rings. The first kappa shape index (κ1) is 14.9. The average molecular weight is 276 g/mol. The van der Waals surface area contributed by atoms with Gasteiger partial charge < -0.3 is 10.6 Å². The van der Waals surface area contributed by atoms with Gasteiger partial charge in [-0.25, -0.2) is 0 Å². The van der Waals surface area contributed by atoms with Crippen molar-refractivity contribution in [3.8, 4) is 0 Å². The third kappa shape index (κ3) is 3.77. The van der Waals surface area contributed by atoms with Crippen LogP contribution in [-0.2, 0) is 11.2 Å². The van der Waals surface area contributed by atoms with Crippen LogP contribution in [0.25, 0.3) is 0 Å². The Labute approximate surface area is 120 Å². The molecule has 0 saturated carbocycles. The minimum absolute atomic E-state index is 0.0929. The number of carbonyl (C=O) groups excluding carboxylic acids is 1. The fourth-order valence-electron chi connectivity index (χ4n) is 2.43. The fraction of sp³-hybridized carbons (Fsp3) is 0.600. The summed E-state index contributed by atoms with van der Waals surface area (Å²) >= 11 is 0. The third-order valence-corrected chi connectivity index (χ3v) is 3.86. The molecule has 1 aromatic heterocycles. The van der Waals surface area contributed by atoms with Crippen LogP contribution < -0.4 is 10.6 Å². The molecule has 0 unspecified atom stereocenters. The topological polar surface area (TPSA) is 57.3 Å². The molecule has 0 spiro atoms. The molecule has 2 heterocycles. The Morgan fingerprint density at radius 2 is 2.15 bits per heavy atom. The first-order chi connectivity index (χ1) is 9.60. The predicted octanol–water partition coefficient (Wildman–Crippen LogP) is 0.424. The molecule has 20 heavy (non-hydrogen) atoms. The third-order valence-electron chi connectivity index (χ3n) is 3.86. The molecule has 110 valence electrons. The Hall–Kier alpha value is -1.46. The van der Waals surface area contributed by atoms with Gasteiger partial charge >= 0.3 is 0 Å². The van der Waals surface area contributed by atoms with E-state index in [0.717, 1.165) is 38.3 Å². The van der Waals surface area contributed by atoms with Crippen LogP contribution in [0.2, 0.25) is 0 Å². The molecule has 0 atom stereocenters. The Morgan fingerprint density at radius 3 is 2.80 bits per heavy atom. The molecule has 5 nitrogen and oxygen atoms in total. The van der Waals surface area contributed by atoms with Crippen LogP contribution in [0.3, 0.4) is 0 Å². The van der Waals surface area contributed by atoms with E-state index in [0.29, 0.717) is 6.54 Å². The summed E-state index contributed by atoms with van der Waals surface area (Å²) in [7, 11) is 0. The van der Waals surface area contributed by atoms with Crippen molar-refractivity contribution in [1.82, 2.24) is 20.5 Å². The molecular weight excluding hydrogens is 252 g/mol. The Bertz CT molecular complexity index is 427. The molecule has 2 rings (SSSR count). The van der Waals surface area contributed by atoms with E-state index in [2.05, 4.69) is 20.5 Å². The van der Waals surface area contributed by atoms with Gasteiger partial charge in [0.25, 0.3) is 0 Å². The molecule has 1 aromatic rings. The van der Waals surface area contributed by atoms with E-state index < -0.39 is 5.54 Å². The van der Waals surface area contributed by atoms with E-state index in [1.807, 2.05) is 32.0 Å². The van der Waals surface area contributed by atoms with Crippen molar-refractivity contribution in [2.24, 2.45) is 0 Å². The number of rotatable bonds is 5. The summed E-state index contributed by atoms with van der Waals surface area (Å²) in [6.07, 6.45) is 2.55. The van der Waals surface area contributed by atoms with Crippen molar-refractivity contribution in [2.45, 2.75) is 25.8 Å². The monoisotopic (exact) mass is 276 g/mol. The molecule has 5 heteroatoms. The van der Waals surface area contributed by atoms with Gasteiger partial charge in [0.1, 0.15) is 0 Å². The number of nitrogens with zero attached hydrogens (tertiary/aromatic N) is 2. The van der Waals surface area contributed by atoms with Gasteiger partial charge in [-0.05, 0) is 26.0 Å². The summed E-state index contributed by atoms with van der Waals surface area (Å²) in [5, 5.41) is 6.34. The van der Waals surface area contributed by atoms with Gasteiger partial charge in [0.2, 0.25) is 5.91 Å². The number of piperazine rings is 1. The van der Waals surface area contributed by atoms with Crippen molar-refractivity contribution in [3.05, 3.63) is 30.1 Å². The lowest BCUT2D eigenvalue weighted by Crippen LogP contribution is -2.60. The molecule has 0 bridgehead atoms. The zero-order valence-electron chi connectivity index (χ0n) is 12.4. The van der Waals surface area contributed by atoms with Crippen LogP contribution in [0.1, 0.15) is 19.5 Å². The normalized spacial score (nSPS) is 16.9. The second-order valence-corrected chi connectivity index (χ2v) is 5.62. The van der Waals surface area contributed by atoms with Crippen LogP contribution in [0.5, 0.6) is 0 Å². The summed E-state index contributed by atoms with van der Waals surface area (Å²) in [5.74, 6) is 0.0929. The summed E-state index contributed by atoms with van der Waals surface area (Å²) in [6.45, 7) is 8.35. The standard InChI is InChI=1S/C15H24N4O/c1-15(2,19-11-9-16-10-12-19)14(20)18-8-6-13-5-3-4-7-17-13/h3-5,7,16H,6,8-12H2,1-2H3,(H,18,20). The number of pyridine rings is 1. The average Bonchev–Trinajstić information content (AvgIpc) is 2.49. The number of carbonyl (C=O) groups is 1. The Morgan fingerprint density at radius 1 is 1.40 bits per heavy atom. The van der Waals surface area contributed by atoms with Crippen LogP contribution in [0.4, 0.5) is 0 Å². The van der Waals surface area contributed by atoms with Gasteiger partial charge in [0, 0.05) is 51.0 Å². The molecule has 1 amide bonds. The first-order valence-electron chi connectivity index (χ1n) is 7.24. The molecular formula is C15H24N4O. The highest BCUT2D eigenvalue weighted by Crippen LogP contribution is 2.15. The molecule has 1 saturated heterocycles. The lowest BCUT2D eigenvalue weighted by Gasteiger charge is -2.39. The van der Waals surface area contributed by atoms with Gasteiger partial charge in [-0.1, -0.05) is 6.07 Å². The van der Waals surface area contributed by atoms with E-state index in [1.165, 1.54) is 0 Å². The minimum atomic E-state index is -0.452. The lowest BCUT2D eigenvalue weighted by molar-refractivity contribution is -0.132. The van der Waals surface area contributed by atoms with Crippen LogP contribution in [0.15, 0.2) is 24.4 Å². The number of nitrogens with one attached hydrogen (secondary N) is 2. The van der Waals surface area contributed by atoms with Crippen molar-refractivity contribution < 1.29 is 4.79 Å². The smallest absolute Gasteiger partial charge is 0.239 e. The zero-order valence-corrected chi connectivity index (χ0v) is 12.4. The van der Waals surface area contributed by atoms with Crippen molar-refractivity contribution >= 4 is 5.91 Å². The second kappa shape index (κ2) is 6.81. The van der Waals surface area contributed by atoms with E-state index in [1.54, 1.807) is 6.20 Å². The largest absolute Gasteiger partial charge is 0.354 e. The second-order valence-electron chi connectivity index (χ2n) is 5.62. The molecule has 0 aliphatic carbocycles. The van der Waals surface area contributed by atoms with Crippen molar-refractivity contribution in [2.75, 3.05) is 32.7 Å². The summed E-state index contributed by atoms with van der Waals surface area (Å²) in [4.78, 5) is 18.9. The SMILES string of the molecule is CC(C)(C(=O)NCCc1ccccn1)N1CCNCC1. The maximum atomic E-state index is 12.4. The molecule has 1 fully saturated rings. The number of hydrogen-bond donors (Lipinski definition) is 2. The van der Waals surface area contributed by atoms with Gasteiger partial charge in [-0.15, -0.1) is 0 Å². The fourth-order valence-corrected chi connectivity index (χ4v) is 2.43. The molecule has 0 aromatic carbocycles. The Kier molecular flexibility index (Phi) is 5.09. The van der Waals surface area contributed by atoms with Crippen molar-refractivity contribution in [3.63, 3.8) is 0 Å². The van der Waals surface area contributed by atoms with Crippen molar-refractivity contribution in [1.29, 1.82) is 0 Å². The lowest BCUT2D eigenvalue weighted by atomic mass is 10.0. The van der Waals surface area contributed by atoms with E-state index in [-0.39, 0.29) is 5.91 Å². The summed E-state index contributed by atoms with van der Waals surface area (Å²) in [6, 6.07) is 5.85. The summed E-state index contributed by atoms with van der Waals surface area (Å²) < 4.78 is 0. The quantitative estimate of drug-likeness (QED) is 0.818. The van der Waals surface area contributed by atoms with Gasteiger partial charge in [-0.2, -0.15) is 0 Å². The van der Waals surface area contributed by atoms with E-state index in [4.69, 9.17) is 0 Å².